The minimum Gasteiger partial charge on any atom is -0.481 e. The van der Waals surface area contributed by atoms with Crippen LogP contribution in [0, 0.1) is 0 Å². The Balaban J connectivity index is 2.07. The molecule has 2 fully saturated rings. The van der Waals surface area contributed by atoms with E-state index in [2.05, 4.69) is 6.07 Å². The average molecular weight is 216 g/mol. The summed E-state index contributed by atoms with van der Waals surface area (Å²) in [4.78, 5) is 11.5. The van der Waals surface area contributed by atoms with Crippen molar-refractivity contribution in [3.63, 3.8) is 0 Å². The standard InChI is InChI=1S/C14H16O2/c15-13(16)14(8-3-9-14)12-5-2-1-4-11(12)10-6-7-10/h1-2,4-5,10H,3,6-9H2,(H,15,16). The van der Waals surface area contributed by atoms with Gasteiger partial charge in [-0.2, -0.15) is 0 Å². The Bertz CT molecular complexity index is 428. The number of carboxylic acid groups (broad SMARTS) is 1. The van der Waals surface area contributed by atoms with E-state index in [0.29, 0.717) is 5.92 Å². The van der Waals surface area contributed by atoms with Crippen molar-refractivity contribution in [1.82, 2.24) is 0 Å². The lowest BCUT2D eigenvalue weighted by molar-refractivity contribution is -0.147. The van der Waals surface area contributed by atoms with Crippen LogP contribution in [0.5, 0.6) is 0 Å². The van der Waals surface area contributed by atoms with E-state index in [1.807, 2.05) is 18.2 Å². The normalized spacial score (nSPS) is 22.5. The molecule has 1 aromatic rings. The highest BCUT2D eigenvalue weighted by Gasteiger charge is 2.48. The van der Waals surface area contributed by atoms with Gasteiger partial charge in [-0.3, -0.25) is 4.79 Å². The van der Waals surface area contributed by atoms with Crippen LogP contribution in [0.1, 0.15) is 49.1 Å². The van der Waals surface area contributed by atoms with Crippen molar-refractivity contribution in [2.75, 3.05) is 0 Å². The SMILES string of the molecule is O=C(O)C1(c2ccccc2C2CC2)CCC1. The maximum atomic E-state index is 11.5. The number of carbonyl (C=O) groups is 1. The van der Waals surface area contributed by atoms with Gasteiger partial charge < -0.3 is 5.11 Å². The smallest absolute Gasteiger partial charge is 0.314 e. The molecule has 0 atom stereocenters. The van der Waals surface area contributed by atoms with Crippen LogP contribution in [0.4, 0.5) is 0 Å². The van der Waals surface area contributed by atoms with Crippen molar-refractivity contribution in [2.45, 2.75) is 43.4 Å². The summed E-state index contributed by atoms with van der Waals surface area (Å²) >= 11 is 0. The number of aliphatic carboxylic acids is 1. The van der Waals surface area contributed by atoms with Gasteiger partial charge in [0.1, 0.15) is 0 Å². The molecule has 0 aliphatic heterocycles. The largest absolute Gasteiger partial charge is 0.481 e. The zero-order chi connectivity index (χ0) is 11.2. The Morgan fingerprint density at radius 3 is 2.44 bits per heavy atom. The number of hydrogen-bond donors (Lipinski definition) is 1. The molecule has 0 aromatic heterocycles. The van der Waals surface area contributed by atoms with Gasteiger partial charge in [-0.1, -0.05) is 30.7 Å². The van der Waals surface area contributed by atoms with Gasteiger partial charge in [0.05, 0.1) is 5.41 Å². The molecule has 84 valence electrons. The lowest BCUT2D eigenvalue weighted by atomic mass is 9.63. The molecule has 0 radical (unpaired) electrons. The molecule has 2 heteroatoms. The van der Waals surface area contributed by atoms with Crippen molar-refractivity contribution in [1.29, 1.82) is 0 Å². The highest BCUT2D eigenvalue weighted by Crippen LogP contribution is 2.50. The second-order valence-electron chi connectivity index (χ2n) is 5.10. The molecule has 16 heavy (non-hydrogen) atoms. The molecule has 3 rings (SSSR count). The lowest BCUT2D eigenvalue weighted by Gasteiger charge is -2.39. The van der Waals surface area contributed by atoms with Crippen LogP contribution < -0.4 is 0 Å². The maximum absolute atomic E-state index is 11.5. The molecule has 0 spiro atoms. The Labute approximate surface area is 95.3 Å². The zero-order valence-electron chi connectivity index (χ0n) is 9.28. The quantitative estimate of drug-likeness (QED) is 0.843. The minimum atomic E-state index is -0.633. The van der Waals surface area contributed by atoms with E-state index in [-0.39, 0.29) is 0 Å². The molecule has 0 bridgehead atoms. The van der Waals surface area contributed by atoms with Crippen LogP contribution in [0.15, 0.2) is 24.3 Å². The fraction of sp³-hybridized carbons (Fsp3) is 0.500. The molecule has 2 saturated carbocycles. The van der Waals surface area contributed by atoms with Gasteiger partial charge in [0.15, 0.2) is 0 Å². The van der Waals surface area contributed by atoms with Crippen LogP contribution in [-0.2, 0) is 10.2 Å². The van der Waals surface area contributed by atoms with Crippen LogP contribution in [0.3, 0.4) is 0 Å². The number of carboxylic acids is 1. The lowest BCUT2D eigenvalue weighted by Crippen LogP contribution is -2.43. The van der Waals surface area contributed by atoms with Gasteiger partial charge in [0.25, 0.3) is 0 Å². The second kappa shape index (κ2) is 3.34. The third-order valence-electron chi connectivity index (χ3n) is 4.11. The number of benzene rings is 1. The van der Waals surface area contributed by atoms with Gasteiger partial charge >= 0.3 is 5.97 Å². The van der Waals surface area contributed by atoms with E-state index in [1.165, 1.54) is 18.4 Å². The van der Waals surface area contributed by atoms with Gasteiger partial charge in [-0.25, -0.2) is 0 Å². The van der Waals surface area contributed by atoms with Gasteiger partial charge in [0.2, 0.25) is 0 Å². The Morgan fingerprint density at radius 1 is 1.25 bits per heavy atom. The van der Waals surface area contributed by atoms with Crippen molar-refractivity contribution < 1.29 is 9.90 Å². The summed E-state index contributed by atoms with van der Waals surface area (Å²) < 4.78 is 0. The fourth-order valence-electron chi connectivity index (χ4n) is 2.81. The molecule has 2 aliphatic carbocycles. The first kappa shape index (κ1) is 9.88. The molecular weight excluding hydrogens is 200 g/mol. The van der Waals surface area contributed by atoms with Crippen LogP contribution in [0.25, 0.3) is 0 Å². The zero-order valence-corrected chi connectivity index (χ0v) is 9.28. The predicted octanol–water partition coefficient (Wildman–Crippen LogP) is 3.07. The van der Waals surface area contributed by atoms with Gasteiger partial charge in [0, 0.05) is 0 Å². The van der Waals surface area contributed by atoms with E-state index < -0.39 is 11.4 Å². The summed E-state index contributed by atoms with van der Waals surface area (Å²) in [6.07, 6.45) is 5.13. The summed E-state index contributed by atoms with van der Waals surface area (Å²) in [7, 11) is 0. The van der Waals surface area contributed by atoms with E-state index in [1.54, 1.807) is 0 Å². The van der Waals surface area contributed by atoms with Crippen LogP contribution in [-0.4, -0.2) is 11.1 Å². The van der Waals surface area contributed by atoms with Crippen molar-refractivity contribution in [2.24, 2.45) is 0 Å². The van der Waals surface area contributed by atoms with E-state index in [9.17, 15) is 9.90 Å². The Morgan fingerprint density at radius 2 is 1.94 bits per heavy atom. The summed E-state index contributed by atoms with van der Waals surface area (Å²) in [6.45, 7) is 0. The number of rotatable bonds is 3. The molecule has 0 saturated heterocycles. The summed E-state index contributed by atoms with van der Waals surface area (Å²) in [5, 5.41) is 9.46. The minimum absolute atomic E-state index is 0.556. The molecule has 0 amide bonds. The third-order valence-corrected chi connectivity index (χ3v) is 4.11. The molecule has 2 nitrogen and oxygen atoms in total. The number of hydrogen-bond acceptors (Lipinski definition) is 1. The molecule has 1 N–H and O–H groups in total. The monoisotopic (exact) mass is 216 g/mol. The van der Waals surface area contributed by atoms with E-state index in [4.69, 9.17) is 0 Å². The summed E-state index contributed by atoms with van der Waals surface area (Å²) in [5.74, 6) is -0.000116. The highest BCUT2D eigenvalue weighted by atomic mass is 16.4. The summed E-state index contributed by atoms with van der Waals surface area (Å²) in [6, 6.07) is 8.16. The first-order valence-corrected chi connectivity index (χ1v) is 6.07. The van der Waals surface area contributed by atoms with Crippen molar-refractivity contribution in [3.8, 4) is 0 Å². The van der Waals surface area contributed by atoms with Crippen LogP contribution >= 0.6 is 0 Å². The average Bonchev–Trinajstić information content (AvgIpc) is 2.99. The fourth-order valence-corrected chi connectivity index (χ4v) is 2.81. The molecule has 0 heterocycles. The van der Waals surface area contributed by atoms with E-state index in [0.717, 1.165) is 24.8 Å². The Hall–Kier alpha value is -1.31. The van der Waals surface area contributed by atoms with Gasteiger partial charge in [-0.15, -0.1) is 0 Å². The van der Waals surface area contributed by atoms with E-state index >= 15 is 0 Å². The first-order valence-electron chi connectivity index (χ1n) is 6.07. The second-order valence-corrected chi connectivity index (χ2v) is 5.10. The van der Waals surface area contributed by atoms with Crippen LogP contribution in [0.2, 0.25) is 0 Å². The molecular formula is C14H16O2. The Kier molecular flexibility index (Phi) is 2.06. The van der Waals surface area contributed by atoms with Crippen molar-refractivity contribution in [3.05, 3.63) is 35.4 Å². The molecule has 1 aromatic carbocycles. The third kappa shape index (κ3) is 1.29. The van der Waals surface area contributed by atoms with Gasteiger partial charge in [-0.05, 0) is 42.7 Å². The highest BCUT2D eigenvalue weighted by molar-refractivity contribution is 5.83. The first-order chi connectivity index (χ1) is 7.74. The van der Waals surface area contributed by atoms with Crippen molar-refractivity contribution >= 4 is 5.97 Å². The molecule has 0 unspecified atom stereocenters. The predicted molar refractivity (Wildman–Crippen MR) is 61.6 cm³/mol. The topological polar surface area (TPSA) is 37.3 Å². The maximum Gasteiger partial charge on any atom is 0.314 e. The molecule has 2 aliphatic rings. The summed E-state index contributed by atoms with van der Waals surface area (Å²) in [5.41, 5.74) is 1.83.